The van der Waals surface area contributed by atoms with Gasteiger partial charge in [0, 0.05) is 18.1 Å². The van der Waals surface area contributed by atoms with Crippen LogP contribution < -0.4 is 10.1 Å². The number of ether oxygens (including phenoxy) is 1. The molecule has 5 heteroatoms. The van der Waals surface area contributed by atoms with Crippen LogP contribution in [0.5, 0.6) is 5.75 Å². The summed E-state index contributed by atoms with van der Waals surface area (Å²) in [6.07, 6.45) is 2.54. The fourth-order valence-corrected chi connectivity index (χ4v) is 3.98. The number of nitrogens with one attached hydrogen (secondary N) is 1. The van der Waals surface area contributed by atoms with Crippen molar-refractivity contribution >= 4 is 17.5 Å². The van der Waals surface area contributed by atoms with E-state index in [-0.39, 0.29) is 5.91 Å². The van der Waals surface area contributed by atoms with Crippen molar-refractivity contribution in [2.75, 3.05) is 13.1 Å². The highest BCUT2D eigenvalue weighted by Gasteiger charge is 2.15. The number of benzene rings is 3. The molecular weight excluding hydrogens is 408 g/mol. The SMILES string of the molecule is O=C(NCc1ccccc1CN1CCCC1)c1ccccc1OCc1ccc(Cl)cc1. The molecule has 1 aliphatic heterocycles. The lowest BCUT2D eigenvalue weighted by molar-refractivity contribution is 0.0946. The molecule has 3 aromatic carbocycles. The Balaban J connectivity index is 1.39. The fourth-order valence-electron chi connectivity index (χ4n) is 3.86. The number of para-hydroxylation sites is 1. The van der Waals surface area contributed by atoms with Gasteiger partial charge in [0.2, 0.25) is 0 Å². The third-order valence-electron chi connectivity index (χ3n) is 5.59. The second-order valence-corrected chi connectivity index (χ2v) is 8.28. The molecule has 0 aliphatic carbocycles. The normalized spacial score (nSPS) is 13.8. The molecule has 31 heavy (non-hydrogen) atoms. The third-order valence-corrected chi connectivity index (χ3v) is 5.84. The molecule has 4 rings (SSSR count). The Labute approximate surface area is 188 Å². The first kappa shape index (κ1) is 21.4. The van der Waals surface area contributed by atoms with E-state index in [9.17, 15) is 4.79 Å². The van der Waals surface area contributed by atoms with E-state index in [1.54, 1.807) is 6.07 Å². The molecule has 1 heterocycles. The van der Waals surface area contributed by atoms with Gasteiger partial charge in [0.15, 0.2) is 0 Å². The van der Waals surface area contributed by atoms with E-state index in [0.29, 0.717) is 29.5 Å². The molecule has 0 saturated carbocycles. The summed E-state index contributed by atoms with van der Waals surface area (Å²) in [5.41, 5.74) is 3.96. The van der Waals surface area contributed by atoms with Crippen LogP contribution in [0.25, 0.3) is 0 Å². The minimum atomic E-state index is -0.136. The van der Waals surface area contributed by atoms with Gasteiger partial charge < -0.3 is 10.1 Å². The van der Waals surface area contributed by atoms with E-state index >= 15 is 0 Å². The van der Waals surface area contributed by atoms with Gasteiger partial charge in [0.1, 0.15) is 12.4 Å². The van der Waals surface area contributed by atoms with Crippen molar-refractivity contribution < 1.29 is 9.53 Å². The van der Waals surface area contributed by atoms with Crippen molar-refractivity contribution in [2.24, 2.45) is 0 Å². The van der Waals surface area contributed by atoms with Gasteiger partial charge >= 0.3 is 0 Å². The van der Waals surface area contributed by atoms with Crippen LogP contribution in [-0.2, 0) is 19.7 Å². The van der Waals surface area contributed by atoms with Crippen LogP contribution in [0.15, 0.2) is 72.8 Å². The Morgan fingerprint density at radius 2 is 1.58 bits per heavy atom. The zero-order valence-electron chi connectivity index (χ0n) is 17.5. The molecule has 0 aromatic heterocycles. The number of rotatable bonds is 8. The summed E-state index contributed by atoms with van der Waals surface area (Å²) in [5, 5.41) is 3.76. The van der Waals surface area contributed by atoms with Gasteiger partial charge in [-0.2, -0.15) is 0 Å². The van der Waals surface area contributed by atoms with Gasteiger partial charge in [-0.15, -0.1) is 0 Å². The Kier molecular flexibility index (Phi) is 7.23. The maximum atomic E-state index is 12.9. The number of hydrogen-bond acceptors (Lipinski definition) is 3. The van der Waals surface area contributed by atoms with Crippen LogP contribution in [-0.4, -0.2) is 23.9 Å². The Hall–Kier alpha value is -2.82. The summed E-state index contributed by atoms with van der Waals surface area (Å²) in [6, 6.07) is 23.2. The van der Waals surface area contributed by atoms with Gasteiger partial charge in [0.05, 0.1) is 5.56 Å². The molecule has 1 aliphatic rings. The highest BCUT2D eigenvalue weighted by atomic mass is 35.5. The van der Waals surface area contributed by atoms with Crippen LogP contribution in [0.2, 0.25) is 5.02 Å². The van der Waals surface area contributed by atoms with Crippen LogP contribution in [0, 0.1) is 0 Å². The smallest absolute Gasteiger partial charge is 0.255 e. The summed E-state index contributed by atoms with van der Waals surface area (Å²) in [7, 11) is 0. The molecule has 0 spiro atoms. The van der Waals surface area contributed by atoms with Crippen molar-refractivity contribution in [1.82, 2.24) is 10.2 Å². The number of hydrogen-bond donors (Lipinski definition) is 1. The van der Waals surface area contributed by atoms with E-state index in [1.807, 2.05) is 48.5 Å². The van der Waals surface area contributed by atoms with Crippen molar-refractivity contribution in [3.63, 3.8) is 0 Å². The first-order chi connectivity index (χ1) is 15.2. The first-order valence-corrected chi connectivity index (χ1v) is 11.1. The van der Waals surface area contributed by atoms with Crippen molar-refractivity contribution in [2.45, 2.75) is 32.5 Å². The molecule has 3 aromatic rings. The minimum Gasteiger partial charge on any atom is -0.488 e. The number of nitrogens with zero attached hydrogens (tertiary/aromatic N) is 1. The summed E-state index contributed by atoms with van der Waals surface area (Å²) >= 11 is 5.94. The monoisotopic (exact) mass is 434 g/mol. The average Bonchev–Trinajstić information content (AvgIpc) is 3.31. The molecule has 0 atom stereocenters. The molecule has 0 radical (unpaired) electrons. The molecule has 160 valence electrons. The Bertz CT molecular complexity index is 1010. The van der Waals surface area contributed by atoms with Gasteiger partial charge in [-0.05, 0) is 66.9 Å². The standard InChI is InChI=1S/C26H27ClN2O2/c27-23-13-11-20(12-14-23)19-31-25-10-4-3-9-24(25)26(30)28-17-21-7-1-2-8-22(21)18-29-15-5-6-16-29/h1-4,7-14H,5-6,15-19H2,(H,28,30). The minimum absolute atomic E-state index is 0.136. The van der Waals surface area contributed by atoms with E-state index in [0.717, 1.165) is 30.8 Å². The number of amides is 1. The van der Waals surface area contributed by atoms with Gasteiger partial charge in [-0.25, -0.2) is 0 Å². The Morgan fingerprint density at radius 1 is 0.903 bits per heavy atom. The lowest BCUT2D eigenvalue weighted by Crippen LogP contribution is -2.25. The van der Waals surface area contributed by atoms with E-state index in [1.165, 1.54) is 18.4 Å². The predicted molar refractivity (Wildman–Crippen MR) is 124 cm³/mol. The zero-order chi connectivity index (χ0) is 21.5. The quantitative estimate of drug-likeness (QED) is 0.513. The van der Waals surface area contributed by atoms with Crippen molar-refractivity contribution in [3.05, 3.63) is 100 Å². The molecule has 0 bridgehead atoms. The topological polar surface area (TPSA) is 41.6 Å². The van der Waals surface area contributed by atoms with E-state index < -0.39 is 0 Å². The second kappa shape index (κ2) is 10.5. The van der Waals surface area contributed by atoms with Crippen molar-refractivity contribution in [1.29, 1.82) is 0 Å². The number of carbonyl (C=O) groups excluding carboxylic acids is 1. The molecule has 1 amide bonds. The maximum Gasteiger partial charge on any atom is 0.255 e. The summed E-state index contributed by atoms with van der Waals surface area (Å²) in [5.74, 6) is 0.433. The number of halogens is 1. The maximum absolute atomic E-state index is 12.9. The number of likely N-dealkylation sites (tertiary alicyclic amines) is 1. The highest BCUT2D eigenvalue weighted by molar-refractivity contribution is 6.30. The van der Waals surface area contributed by atoms with E-state index in [4.69, 9.17) is 16.3 Å². The van der Waals surface area contributed by atoms with Gasteiger partial charge in [-0.3, -0.25) is 9.69 Å². The summed E-state index contributed by atoms with van der Waals surface area (Å²) in [4.78, 5) is 15.4. The molecule has 4 nitrogen and oxygen atoms in total. The fraction of sp³-hybridized carbons (Fsp3) is 0.269. The van der Waals surface area contributed by atoms with Gasteiger partial charge in [0.25, 0.3) is 5.91 Å². The largest absolute Gasteiger partial charge is 0.488 e. The molecular formula is C26H27ClN2O2. The summed E-state index contributed by atoms with van der Waals surface area (Å²) < 4.78 is 5.94. The van der Waals surface area contributed by atoms with Crippen molar-refractivity contribution in [3.8, 4) is 5.75 Å². The molecule has 1 saturated heterocycles. The summed E-state index contributed by atoms with van der Waals surface area (Å²) in [6.45, 7) is 4.11. The van der Waals surface area contributed by atoms with E-state index in [2.05, 4.69) is 28.4 Å². The van der Waals surface area contributed by atoms with Crippen LogP contribution in [0.4, 0.5) is 0 Å². The zero-order valence-corrected chi connectivity index (χ0v) is 18.3. The lowest BCUT2D eigenvalue weighted by atomic mass is 10.1. The van der Waals surface area contributed by atoms with Crippen LogP contribution in [0.1, 0.15) is 39.9 Å². The predicted octanol–water partition coefficient (Wildman–Crippen LogP) is 5.44. The number of carbonyl (C=O) groups is 1. The average molecular weight is 435 g/mol. The van der Waals surface area contributed by atoms with Crippen LogP contribution in [0.3, 0.4) is 0 Å². The van der Waals surface area contributed by atoms with Crippen LogP contribution >= 0.6 is 11.6 Å². The lowest BCUT2D eigenvalue weighted by Gasteiger charge is -2.18. The Morgan fingerprint density at radius 3 is 2.35 bits per heavy atom. The molecule has 0 unspecified atom stereocenters. The molecule has 1 N–H and O–H groups in total. The highest BCUT2D eigenvalue weighted by Crippen LogP contribution is 2.21. The first-order valence-electron chi connectivity index (χ1n) is 10.7. The third kappa shape index (κ3) is 5.87. The second-order valence-electron chi connectivity index (χ2n) is 7.85. The van der Waals surface area contributed by atoms with Gasteiger partial charge in [-0.1, -0.05) is 60.1 Å². The molecule has 1 fully saturated rings.